The lowest BCUT2D eigenvalue weighted by Crippen LogP contribution is -2.39. The summed E-state index contributed by atoms with van der Waals surface area (Å²) in [5.74, 6) is 0.525. The number of anilines is 1. The summed E-state index contributed by atoms with van der Waals surface area (Å²) in [6.07, 6.45) is 7.03. The summed E-state index contributed by atoms with van der Waals surface area (Å²) < 4.78 is 0. The Bertz CT molecular complexity index is 687. The van der Waals surface area contributed by atoms with Crippen LogP contribution in [0.1, 0.15) is 32.1 Å². The molecule has 0 aromatic carbocycles. The molecule has 4 heterocycles. The number of hydrogen-bond donors (Lipinski definition) is 2. The molecule has 2 aliphatic heterocycles. The zero-order valence-electron chi connectivity index (χ0n) is 13.6. The van der Waals surface area contributed by atoms with Crippen molar-refractivity contribution in [1.29, 1.82) is 0 Å². The van der Waals surface area contributed by atoms with Crippen molar-refractivity contribution < 1.29 is 4.79 Å². The Morgan fingerprint density at radius 1 is 1.20 bits per heavy atom. The lowest BCUT2D eigenvalue weighted by molar-refractivity contribution is -0.117. The van der Waals surface area contributed by atoms with Crippen LogP contribution >= 0.6 is 36.2 Å². The first-order chi connectivity index (χ1) is 11.3. The maximum absolute atomic E-state index is 12.3. The predicted molar refractivity (Wildman–Crippen MR) is 104 cm³/mol. The Morgan fingerprint density at radius 3 is 2.64 bits per heavy atom. The molecule has 6 nitrogen and oxygen atoms in total. The summed E-state index contributed by atoms with van der Waals surface area (Å²) in [6.45, 7) is 0. The highest BCUT2D eigenvalue weighted by Crippen LogP contribution is 2.33. The van der Waals surface area contributed by atoms with Crippen molar-refractivity contribution >= 4 is 47.2 Å². The second-order valence-corrected chi connectivity index (χ2v) is 7.33. The molecule has 9 heteroatoms. The van der Waals surface area contributed by atoms with Crippen LogP contribution in [0.25, 0.3) is 10.7 Å². The third-order valence-corrected chi connectivity index (χ3v) is 5.46. The number of aromatic nitrogens is 3. The van der Waals surface area contributed by atoms with Gasteiger partial charge in [0.15, 0.2) is 5.01 Å². The number of carbonyl (C=O) groups is 1. The highest BCUT2D eigenvalue weighted by Gasteiger charge is 2.34. The summed E-state index contributed by atoms with van der Waals surface area (Å²) in [6, 6.07) is 6.89. The van der Waals surface area contributed by atoms with Gasteiger partial charge in [-0.3, -0.25) is 9.78 Å². The minimum atomic E-state index is 0. The fourth-order valence-corrected chi connectivity index (χ4v) is 4.38. The highest BCUT2D eigenvalue weighted by atomic mass is 35.5. The van der Waals surface area contributed by atoms with Crippen LogP contribution in [0.2, 0.25) is 0 Å². The van der Waals surface area contributed by atoms with E-state index in [9.17, 15) is 4.79 Å². The molecule has 0 spiro atoms. The normalized spacial score (nSPS) is 24.1. The fourth-order valence-electron chi connectivity index (χ4n) is 3.64. The summed E-state index contributed by atoms with van der Waals surface area (Å²) >= 11 is 1.36. The topological polar surface area (TPSA) is 79.8 Å². The number of nitrogens with one attached hydrogen (secondary N) is 2. The van der Waals surface area contributed by atoms with Gasteiger partial charge in [0, 0.05) is 24.7 Å². The van der Waals surface area contributed by atoms with Crippen molar-refractivity contribution in [3.8, 4) is 10.7 Å². The lowest BCUT2D eigenvalue weighted by atomic mass is 9.89. The van der Waals surface area contributed by atoms with Crippen LogP contribution < -0.4 is 10.6 Å². The van der Waals surface area contributed by atoms with E-state index in [1.807, 2.05) is 18.2 Å². The average Bonchev–Trinajstić information content (AvgIpc) is 3.15. The van der Waals surface area contributed by atoms with Crippen molar-refractivity contribution in [2.75, 3.05) is 5.32 Å². The molecule has 0 radical (unpaired) electrons. The SMILES string of the molecule is Cl.Cl.O=C(CC1CC2CCC(C1)N2)Nc1nnc(-c2ccccn2)s1. The van der Waals surface area contributed by atoms with Crippen LogP contribution in [-0.4, -0.2) is 33.2 Å². The average molecular weight is 402 g/mol. The number of piperidine rings is 1. The van der Waals surface area contributed by atoms with Gasteiger partial charge in [0.25, 0.3) is 0 Å². The van der Waals surface area contributed by atoms with E-state index in [1.165, 1.54) is 24.2 Å². The molecule has 2 N–H and O–H groups in total. The summed E-state index contributed by atoms with van der Waals surface area (Å²) in [4.78, 5) is 16.5. The first kappa shape index (κ1) is 20.0. The molecule has 0 aliphatic carbocycles. The molecule has 136 valence electrons. The van der Waals surface area contributed by atoms with Crippen LogP contribution in [0.5, 0.6) is 0 Å². The van der Waals surface area contributed by atoms with Gasteiger partial charge in [0.1, 0.15) is 5.69 Å². The maximum Gasteiger partial charge on any atom is 0.226 e. The van der Waals surface area contributed by atoms with Crippen molar-refractivity contribution in [2.24, 2.45) is 5.92 Å². The molecular weight excluding hydrogens is 381 g/mol. The quantitative estimate of drug-likeness (QED) is 0.821. The fraction of sp³-hybridized carbons (Fsp3) is 0.500. The van der Waals surface area contributed by atoms with Gasteiger partial charge in [-0.05, 0) is 43.7 Å². The minimum absolute atomic E-state index is 0. The second-order valence-electron chi connectivity index (χ2n) is 6.35. The van der Waals surface area contributed by atoms with Gasteiger partial charge < -0.3 is 10.6 Å². The zero-order valence-corrected chi connectivity index (χ0v) is 16.0. The second kappa shape index (κ2) is 8.89. The largest absolute Gasteiger partial charge is 0.311 e. The number of rotatable bonds is 4. The van der Waals surface area contributed by atoms with E-state index >= 15 is 0 Å². The van der Waals surface area contributed by atoms with E-state index in [-0.39, 0.29) is 30.7 Å². The summed E-state index contributed by atoms with van der Waals surface area (Å²) in [7, 11) is 0. The van der Waals surface area contributed by atoms with E-state index < -0.39 is 0 Å². The number of halogens is 2. The molecule has 2 aromatic heterocycles. The summed E-state index contributed by atoms with van der Waals surface area (Å²) in [5, 5.41) is 15.9. The van der Waals surface area contributed by atoms with Crippen LogP contribution in [0.3, 0.4) is 0 Å². The summed E-state index contributed by atoms with van der Waals surface area (Å²) in [5.41, 5.74) is 0.778. The van der Waals surface area contributed by atoms with Gasteiger partial charge in [-0.1, -0.05) is 17.4 Å². The molecule has 2 fully saturated rings. The van der Waals surface area contributed by atoms with E-state index in [0.717, 1.165) is 23.5 Å². The molecular formula is C16H21Cl2N5OS. The number of carbonyl (C=O) groups excluding carboxylic acids is 1. The predicted octanol–water partition coefficient (Wildman–Crippen LogP) is 3.30. The van der Waals surface area contributed by atoms with Gasteiger partial charge in [0.2, 0.25) is 11.0 Å². The zero-order chi connectivity index (χ0) is 15.6. The van der Waals surface area contributed by atoms with Gasteiger partial charge in [-0.25, -0.2) is 0 Å². The molecule has 2 bridgehead atoms. The van der Waals surface area contributed by atoms with Gasteiger partial charge in [-0.15, -0.1) is 35.0 Å². The van der Waals surface area contributed by atoms with Crippen LogP contribution in [0.15, 0.2) is 24.4 Å². The van der Waals surface area contributed by atoms with Gasteiger partial charge in [-0.2, -0.15) is 0 Å². The standard InChI is InChI=1S/C16H19N5OS.2ClH/c22-14(9-10-7-11-4-5-12(8-10)18-11)19-16-21-20-15(23-16)13-3-1-2-6-17-13;;/h1-3,6,10-12,18H,4-5,7-9H2,(H,19,21,22);2*1H. The van der Waals surface area contributed by atoms with Crippen molar-refractivity contribution in [3.63, 3.8) is 0 Å². The highest BCUT2D eigenvalue weighted by molar-refractivity contribution is 7.18. The van der Waals surface area contributed by atoms with E-state index in [1.54, 1.807) is 6.20 Å². The third-order valence-electron chi connectivity index (χ3n) is 4.60. The molecule has 4 rings (SSSR count). The number of amides is 1. The van der Waals surface area contributed by atoms with Gasteiger partial charge >= 0.3 is 0 Å². The first-order valence-electron chi connectivity index (χ1n) is 8.07. The van der Waals surface area contributed by atoms with E-state index in [0.29, 0.717) is 29.6 Å². The Morgan fingerprint density at radius 2 is 1.96 bits per heavy atom. The number of hydrogen-bond acceptors (Lipinski definition) is 6. The number of nitrogens with zero attached hydrogens (tertiary/aromatic N) is 3. The Kier molecular flexibility index (Phi) is 7.13. The van der Waals surface area contributed by atoms with E-state index in [4.69, 9.17) is 0 Å². The molecule has 0 saturated carbocycles. The molecule has 1 amide bonds. The maximum atomic E-state index is 12.3. The van der Waals surface area contributed by atoms with Crippen molar-refractivity contribution in [1.82, 2.24) is 20.5 Å². The number of fused-ring (bicyclic) bond motifs is 2. The minimum Gasteiger partial charge on any atom is -0.311 e. The Balaban J connectivity index is 0.00000113. The van der Waals surface area contributed by atoms with Crippen LogP contribution in [0.4, 0.5) is 5.13 Å². The number of pyridine rings is 1. The molecule has 2 saturated heterocycles. The molecule has 2 aliphatic rings. The lowest BCUT2D eigenvalue weighted by Gasteiger charge is -2.28. The monoisotopic (exact) mass is 401 g/mol. The molecule has 2 atom stereocenters. The Labute approximate surface area is 163 Å². The smallest absolute Gasteiger partial charge is 0.226 e. The third kappa shape index (κ3) is 4.88. The molecule has 2 aromatic rings. The van der Waals surface area contributed by atoms with Gasteiger partial charge in [0.05, 0.1) is 0 Å². The van der Waals surface area contributed by atoms with Crippen LogP contribution in [-0.2, 0) is 4.79 Å². The van der Waals surface area contributed by atoms with Crippen LogP contribution in [0, 0.1) is 5.92 Å². The molecule has 25 heavy (non-hydrogen) atoms. The van der Waals surface area contributed by atoms with Crippen molar-refractivity contribution in [3.05, 3.63) is 24.4 Å². The molecule has 2 unspecified atom stereocenters. The first-order valence-corrected chi connectivity index (χ1v) is 8.89. The van der Waals surface area contributed by atoms with E-state index in [2.05, 4.69) is 25.8 Å². The Hall–Kier alpha value is -1.28. The van der Waals surface area contributed by atoms with Crippen molar-refractivity contribution in [2.45, 2.75) is 44.2 Å².